The molecule has 0 aliphatic carbocycles. The number of hydrogen-bond donors (Lipinski definition) is 1. The maximum absolute atomic E-state index is 12.3. The van der Waals surface area contributed by atoms with Crippen LogP contribution in [0.15, 0.2) is 18.2 Å². The molecule has 1 N–H and O–H groups in total. The van der Waals surface area contributed by atoms with Gasteiger partial charge in [0, 0.05) is 37.0 Å². The summed E-state index contributed by atoms with van der Waals surface area (Å²) in [7, 11) is 0. The number of ketones is 1. The van der Waals surface area contributed by atoms with Gasteiger partial charge in [0.05, 0.1) is 10.6 Å². The van der Waals surface area contributed by atoms with E-state index in [-0.39, 0.29) is 36.5 Å². The molecule has 0 aromatic heterocycles. The van der Waals surface area contributed by atoms with Gasteiger partial charge >= 0.3 is 0 Å². The summed E-state index contributed by atoms with van der Waals surface area (Å²) >= 11 is 11.9. The van der Waals surface area contributed by atoms with Crippen LogP contribution < -0.4 is 5.32 Å². The lowest BCUT2D eigenvalue weighted by Crippen LogP contribution is -2.46. The second-order valence-electron chi connectivity index (χ2n) is 5.95. The molecule has 1 aromatic rings. The minimum atomic E-state index is -0.238. The van der Waals surface area contributed by atoms with Crippen LogP contribution in [-0.2, 0) is 9.59 Å². The highest BCUT2D eigenvalue weighted by Crippen LogP contribution is 2.21. The Morgan fingerprint density at radius 2 is 1.83 bits per heavy atom. The summed E-state index contributed by atoms with van der Waals surface area (Å²) in [6.07, 6.45) is 1.91. The average molecular weight is 371 g/mol. The van der Waals surface area contributed by atoms with Crippen LogP contribution >= 0.6 is 23.2 Å². The molecule has 1 fully saturated rings. The Kier molecular flexibility index (Phi) is 6.63. The van der Waals surface area contributed by atoms with E-state index in [4.69, 9.17) is 23.2 Å². The summed E-state index contributed by atoms with van der Waals surface area (Å²) in [5, 5.41) is 3.74. The lowest BCUT2D eigenvalue weighted by atomic mass is 10.0. The summed E-state index contributed by atoms with van der Waals surface area (Å²) in [5.41, 5.74) is 0.390. The van der Waals surface area contributed by atoms with Crippen LogP contribution in [0.4, 0.5) is 0 Å². The number of amides is 2. The first-order valence-corrected chi connectivity index (χ1v) is 8.65. The van der Waals surface area contributed by atoms with Gasteiger partial charge in [-0.2, -0.15) is 0 Å². The van der Waals surface area contributed by atoms with Crippen molar-refractivity contribution in [1.82, 2.24) is 10.2 Å². The molecule has 1 aliphatic heterocycles. The van der Waals surface area contributed by atoms with Crippen LogP contribution in [0.2, 0.25) is 10.0 Å². The molecular weight excluding hydrogens is 351 g/mol. The summed E-state index contributed by atoms with van der Waals surface area (Å²) in [6.45, 7) is 2.64. The highest BCUT2D eigenvalue weighted by atomic mass is 35.5. The third-order valence-corrected chi connectivity index (χ3v) is 4.60. The Morgan fingerprint density at radius 1 is 1.17 bits per heavy atom. The van der Waals surface area contributed by atoms with E-state index in [1.807, 2.05) is 0 Å². The predicted octanol–water partition coefficient (Wildman–Crippen LogP) is 3.08. The van der Waals surface area contributed by atoms with E-state index in [2.05, 4.69) is 5.32 Å². The van der Waals surface area contributed by atoms with Gasteiger partial charge in [0.2, 0.25) is 5.91 Å². The number of likely N-dealkylation sites (tertiary alicyclic amines) is 1. The molecule has 2 amide bonds. The molecule has 1 heterocycles. The number of nitrogens with one attached hydrogen (secondary N) is 1. The fourth-order valence-corrected chi connectivity index (χ4v) is 3.15. The standard InChI is InChI=1S/C17H20Cl2N2O3/c1-11(22)2-5-16(23)21-8-6-13(7-9-21)20-17(24)14-4-3-12(18)10-15(14)19/h3-4,10,13H,2,5-9H2,1H3,(H,20,24). The molecule has 2 rings (SSSR count). The maximum atomic E-state index is 12.3. The van der Waals surface area contributed by atoms with Crippen LogP contribution in [0, 0.1) is 0 Å². The Balaban J connectivity index is 1.83. The van der Waals surface area contributed by atoms with Gasteiger partial charge in [-0.15, -0.1) is 0 Å². The number of hydrogen-bond acceptors (Lipinski definition) is 3. The molecular formula is C17H20Cl2N2O3. The zero-order chi connectivity index (χ0) is 17.7. The number of nitrogens with zero attached hydrogens (tertiary/aromatic N) is 1. The van der Waals surface area contributed by atoms with Gasteiger partial charge in [0.25, 0.3) is 5.91 Å². The molecule has 130 valence electrons. The SMILES string of the molecule is CC(=O)CCC(=O)N1CCC(NC(=O)c2ccc(Cl)cc2Cl)CC1. The van der Waals surface area contributed by atoms with Crippen molar-refractivity contribution in [2.45, 2.75) is 38.6 Å². The molecule has 5 nitrogen and oxygen atoms in total. The highest BCUT2D eigenvalue weighted by molar-refractivity contribution is 6.36. The first-order chi connectivity index (χ1) is 11.4. The highest BCUT2D eigenvalue weighted by Gasteiger charge is 2.24. The van der Waals surface area contributed by atoms with Crippen molar-refractivity contribution < 1.29 is 14.4 Å². The van der Waals surface area contributed by atoms with Crippen molar-refractivity contribution in [3.05, 3.63) is 33.8 Å². The van der Waals surface area contributed by atoms with Gasteiger partial charge in [-0.3, -0.25) is 9.59 Å². The van der Waals surface area contributed by atoms with Gasteiger partial charge in [0.15, 0.2) is 0 Å². The number of piperidine rings is 1. The zero-order valence-corrected chi connectivity index (χ0v) is 15.0. The van der Waals surface area contributed by atoms with Crippen molar-refractivity contribution >= 4 is 40.8 Å². The summed E-state index contributed by atoms with van der Waals surface area (Å²) < 4.78 is 0. The molecule has 1 aliphatic rings. The van der Waals surface area contributed by atoms with Gasteiger partial charge in [0.1, 0.15) is 5.78 Å². The van der Waals surface area contributed by atoms with Gasteiger partial charge in [-0.05, 0) is 38.0 Å². The van der Waals surface area contributed by atoms with Crippen LogP contribution in [0.25, 0.3) is 0 Å². The van der Waals surface area contributed by atoms with Crippen LogP contribution in [0.1, 0.15) is 43.0 Å². The Morgan fingerprint density at radius 3 is 2.42 bits per heavy atom. The monoisotopic (exact) mass is 370 g/mol. The van der Waals surface area contributed by atoms with Crippen molar-refractivity contribution in [3.63, 3.8) is 0 Å². The smallest absolute Gasteiger partial charge is 0.253 e. The maximum Gasteiger partial charge on any atom is 0.253 e. The largest absolute Gasteiger partial charge is 0.349 e. The zero-order valence-electron chi connectivity index (χ0n) is 13.5. The van der Waals surface area contributed by atoms with Crippen LogP contribution in [-0.4, -0.2) is 41.6 Å². The van der Waals surface area contributed by atoms with E-state index in [1.165, 1.54) is 13.0 Å². The predicted molar refractivity (Wildman–Crippen MR) is 93.4 cm³/mol. The van der Waals surface area contributed by atoms with E-state index >= 15 is 0 Å². The molecule has 0 spiro atoms. The normalized spacial score (nSPS) is 15.2. The van der Waals surface area contributed by atoms with Crippen molar-refractivity contribution in [1.29, 1.82) is 0 Å². The molecule has 0 radical (unpaired) electrons. The summed E-state index contributed by atoms with van der Waals surface area (Å²) in [6, 6.07) is 4.76. The minimum Gasteiger partial charge on any atom is -0.349 e. The minimum absolute atomic E-state index is 0.00102. The number of rotatable bonds is 5. The first-order valence-electron chi connectivity index (χ1n) is 7.90. The number of halogens is 2. The number of Topliss-reactive ketones (excluding diaryl/α,β-unsaturated/α-hetero) is 1. The first kappa shape index (κ1) is 18.7. The van der Waals surface area contributed by atoms with Gasteiger partial charge in [-0.1, -0.05) is 23.2 Å². The van der Waals surface area contributed by atoms with Gasteiger partial charge < -0.3 is 15.0 Å². The molecule has 0 unspecified atom stereocenters. The summed E-state index contributed by atoms with van der Waals surface area (Å²) in [4.78, 5) is 37.0. The van der Waals surface area contributed by atoms with Crippen molar-refractivity contribution in [2.24, 2.45) is 0 Å². The Labute approximate surface area is 151 Å². The van der Waals surface area contributed by atoms with E-state index in [0.29, 0.717) is 41.5 Å². The van der Waals surface area contributed by atoms with Gasteiger partial charge in [-0.25, -0.2) is 0 Å². The molecule has 1 aromatic carbocycles. The fraction of sp³-hybridized carbons (Fsp3) is 0.471. The second kappa shape index (κ2) is 8.49. The molecule has 0 saturated carbocycles. The Bertz CT molecular complexity index is 641. The lowest BCUT2D eigenvalue weighted by Gasteiger charge is -2.32. The topological polar surface area (TPSA) is 66.5 Å². The van der Waals surface area contributed by atoms with Crippen molar-refractivity contribution in [3.8, 4) is 0 Å². The number of carbonyl (C=O) groups excluding carboxylic acids is 3. The quantitative estimate of drug-likeness (QED) is 0.865. The molecule has 24 heavy (non-hydrogen) atoms. The third kappa shape index (κ3) is 5.21. The van der Waals surface area contributed by atoms with Crippen molar-refractivity contribution in [2.75, 3.05) is 13.1 Å². The second-order valence-corrected chi connectivity index (χ2v) is 6.80. The number of carbonyl (C=O) groups is 3. The molecule has 7 heteroatoms. The van der Waals surface area contributed by atoms with Crippen LogP contribution in [0.3, 0.4) is 0 Å². The van der Waals surface area contributed by atoms with E-state index < -0.39 is 0 Å². The third-order valence-electron chi connectivity index (χ3n) is 4.05. The van der Waals surface area contributed by atoms with Crippen LogP contribution in [0.5, 0.6) is 0 Å². The summed E-state index contributed by atoms with van der Waals surface area (Å²) in [5.74, 6) is -0.223. The fourth-order valence-electron chi connectivity index (χ4n) is 2.65. The molecule has 1 saturated heterocycles. The van der Waals surface area contributed by atoms with E-state index in [0.717, 1.165) is 0 Å². The molecule has 0 atom stereocenters. The molecule has 0 bridgehead atoms. The average Bonchev–Trinajstić information content (AvgIpc) is 2.53. The Hall–Kier alpha value is -1.59. The number of benzene rings is 1. The van der Waals surface area contributed by atoms with E-state index in [1.54, 1.807) is 17.0 Å². The van der Waals surface area contributed by atoms with E-state index in [9.17, 15) is 14.4 Å². The lowest BCUT2D eigenvalue weighted by molar-refractivity contribution is -0.133.